The average Bonchev–Trinajstić information content (AvgIpc) is 2.73. The molecule has 2 aliphatic heterocycles. The molecule has 2 saturated heterocycles. The summed E-state index contributed by atoms with van der Waals surface area (Å²) in [6.45, 7) is 7.30. The van der Waals surface area contributed by atoms with Crippen molar-refractivity contribution >= 4 is 29.8 Å². The lowest BCUT2D eigenvalue weighted by molar-refractivity contribution is -0.655. The molecule has 0 aliphatic carbocycles. The van der Waals surface area contributed by atoms with Crippen LogP contribution in [-0.4, -0.2) is 98.6 Å². The molecule has 2 fully saturated rings. The molecule has 29 heavy (non-hydrogen) atoms. The summed E-state index contributed by atoms with van der Waals surface area (Å²) in [5.74, 6) is -0.525. The summed E-state index contributed by atoms with van der Waals surface area (Å²) >= 11 is 0. The van der Waals surface area contributed by atoms with Gasteiger partial charge in [0.2, 0.25) is 17.8 Å². The minimum Gasteiger partial charge on any atom is -0.545 e. The number of aromatic nitrogens is 3. The molecule has 0 radical (unpaired) electrons. The van der Waals surface area contributed by atoms with Crippen LogP contribution in [0.4, 0.5) is 17.8 Å². The number of aliphatic carboxylic acids is 2. The summed E-state index contributed by atoms with van der Waals surface area (Å²) in [4.78, 5) is 39.2. The lowest BCUT2D eigenvalue weighted by atomic mass is 10.4. The number of morpholine rings is 1. The number of carbonyl (C=O) groups excluding carboxylic acids is 1. The first-order valence-electron chi connectivity index (χ1n) is 9.31. The second-order valence-corrected chi connectivity index (χ2v) is 6.57. The van der Waals surface area contributed by atoms with E-state index in [0.717, 1.165) is 70.3 Å². The molecule has 12 nitrogen and oxygen atoms in total. The van der Waals surface area contributed by atoms with E-state index in [4.69, 9.17) is 14.8 Å². The number of carboxylic acids is 2. The predicted octanol–water partition coefficient (Wildman–Crippen LogP) is -3.47. The van der Waals surface area contributed by atoms with Gasteiger partial charge >= 0.3 is 5.97 Å². The van der Waals surface area contributed by atoms with E-state index in [2.05, 4.69) is 25.1 Å². The van der Waals surface area contributed by atoms with Crippen LogP contribution in [0.25, 0.3) is 0 Å². The van der Waals surface area contributed by atoms with Crippen molar-refractivity contribution in [1.82, 2.24) is 15.0 Å². The van der Waals surface area contributed by atoms with Gasteiger partial charge in [0.05, 0.1) is 45.4 Å². The molecule has 0 saturated carbocycles. The summed E-state index contributed by atoms with van der Waals surface area (Å²) < 4.78 is 5.41. The van der Waals surface area contributed by atoms with Crippen LogP contribution in [0.15, 0.2) is 12.2 Å². The zero-order valence-corrected chi connectivity index (χ0v) is 16.7. The highest BCUT2D eigenvalue weighted by molar-refractivity contribution is 5.88. The van der Waals surface area contributed by atoms with Gasteiger partial charge < -0.3 is 39.8 Å². The number of carbonyl (C=O) groups is 2. The number of ether oxygens (including phenoxy) is 1. The van der Waals surface area contributed by atoms with Crippen molar-refractivity contribution < 1.29 is 29.9 Å². The van der Waals surface area contributed by atoms with Crippen molar-refractivity contribution in [3.63, 3.8) is 0 Å². The molecule has 12 heteroatoms. The smallest absolute Gasteiger partial charge is 0.328 e. The van der Waals surface area contributed by atoms with Gasteiger partial charge in [0.15, 0.2) is 0 Å². The van der Waals surface area contributed by atoms with Gasteiger partial charge in [-0.3, -0.25) is 0 Å². The third-order valence-electron chi connectivity index (χ3n) is 4.15. The minimum absolute atomic E-state index is 0.447. The number of hydrogen-bond acceptors (Lipinski definition) is 10. The highest BCUT2D eigenvalue weighted by atomic mass is 16.5. The lowest BCUT2D eigenvalue weighted by Gasteiger charge is -2.30. The summed E-state index contributed by atoms with van der Waals surface area (Å²) in [6, 6.07) is 0. The Hall–Kier alpha value is -2.99. The summed E-state index contributed by atoms with van der Waals surface area (Å²) in [5.41, 5.74) is 0. The molecule has 160 valence electrons. The van der Waals surface area contributed by atoms with E-state index in [1.165, 1.54) is 0 Å². The summed E-state index contributed by atoms with van der Waals surface area (Å²) in [7, 11) is 3.93. The largest absolute Gasteiger partial charge is 0.545 e. The zero-order valence-electron chi connectivity index (χ0n) is 16.7. The van der Waals surface area contributed by atoms with Gasteiger partial charge in [0, 0.05) is 33.3 Å². The van der Waals surface area contributed by atoms with E-state index in [1.54, 1.807) is 0 Å². The van der Waals surface area contributed by atoms with Crippen LogP contribution in [0.5, 0.6) is 0 Å². The van der Waals surface area contributed by atoms with Gasteiger partial charge in [-0.2, -0.15) is 15.0 Å². The van der Waals surface area contributed by atoms with Crippen LogP contribution in [0.1, 0.15) is 0 Å². The number of nitrogens with two attached hydrogens (primary N) is 1. The van der Waals surface area contributed by atoms with Crippen molar-refractivity contribution in [3.05, 3.63) is 12.2 Å². The first kappa shape index (κ1) is 22.3. The highest BCUT2D eigenvalue weighted by Gasteiger charge is 2.21. The fourth-order valence-electron chi connectivity index (χ4n) is 2.68. The standard InChI is InChI=1S/C13H23N7O.C4H4O4/c1-18(2)11-15-12(19-5-3-14-4-6-19)17-13(16-11)20-7-9-21-10-8-20;5-3(6)1-2-4(7)8/h14H,3-10H2,1-2H3;1-2H,(H,5,6)(H,7,8)/b;2-1+. The molecule has 1 aromatic heterocycles. The average molecular weight is 409 g/mol. The SMILES string of the molecule is CN(C)c1nc(N2CC[NH2+]CC2)nc(N2CCOCC2)n1.O=C([O-])/C=C/C(=O)O. The van der Waals surface area contributed by atoms with E-state index in [1.807, 2.05) is 19.0 Å². The number of piperazine rings is 1. The topological polar surface area (TPSA) is 152 Å². The Kier molecular flexibility index (Phi) is 8.55. The summed E-state index contributed by atoms with van der Waals surface area (Å²) in [6.07, 6.45) is 0.942. The van der Waals surface area contributed by atoms with Crippen LogP contribution in [0.2, 0.25) is 0 Å². The van der Waals surface area contributed by atoms with Gasteiger partial charge in [0.1, 0.15) is 0 Å². The molecule has 0 unspecified atom stereocenters. The highest BCUT2D eigenvalue weighted by Crippen LogP contribution is 2.18. The molecule has 0 atom stereocenters. The number of rotatable bonds is 5. The Morgan fingerprint density at radius 1 is 1.03 bits per heavy atom. The molecule has 2 aliphatic rings. The fourth-order valence-corrected chi connectivity index (χ4v) is 2.68. The van der Waals surface area contributed by atoms with E-state index >= 15 is 0 Å². The van der Waals surface area contributed by atoms with Crippen molar-refractivity contribution in [3.8, 4) is 0 Å². The van der Waals surface area contributed by atoms with E-state index in [0.29, 0.717) is 12.2 Å². The predicted molar refractivity (Wildman–Crippen MR) is 103 cm³/mol. The van der Waals surface area contributed by atoms with Crippen LogP contribution in [0, 0.1) is 0 Å². The van der Waals surface area contributed by atoms with Crippen LogP contribution < -0.4 is 25.1 Å². The van der Waals surface area contributed by atoms with Gasteiger partial charge in [-0.1, -0.05) is 0 Å². The Morgan fingerprint density at radius 3 is 2.03 bits per heavy atom. The molecule has 0 amide bonds. The number of hydrogen-bond donors (Lipinski definition) is 2. The normalized spacial score (nSPS) is 16.9. The first-order chi connectivity index (χ1) is 13.9. The Morgan fingerprint density at radius 2 is 1.59 bits per heavy atom. The molecular weight excluding hydrogens is 382 g/mol. The molecule has 0 spiro atoms. The Balaban J connectivity index is 0.000000321. The molecule has 3 rings (SSSR count). The van der Waals surface area contributed by atoms with Crippen LogP contribution in [-0.2, 0) is 14.3 Å². The maximum absolute atomic E-state index is 9.53. The third kappa shape index (κ3) is 7.50. The maximum Gasteiger partial charge on any atom is 0.328 e. The van der Waals surface area contributed by atoms with Crippen molar-refractivity contribution in [2.24, 2.45) is 0 Å². The molecule has 3 N–H and O–H groups in total. The number of quaternary nitrogens is 1. The Labute approximate surface area is 168 Å². The monoisotopic (exact) mass is 409 g/mol. The van der Waals surface area contributed by atoms with Crippen molar-refractivity contribution in [2.75, 3.05) is 81.3 Å². The van der Waals surface area contributed by atoms with E-state index < -0.39 is 11.9 Å². The second kappa shape index (κ2) is 11.1. The zero-order chi connectivity index (χ0) is 21.2. The van der Waals surface area contributed by atoms with Gasteiger partial charge in [-0.15, -0.1) is 0 Å². The quantitative estimate of drug-likeness (QED) is 0.467. The number of nitrogens with zero attached hydrogens (tertiary/aromatic N) is 6. The lowest BCUT2D eigenvalue weighted by Crippen LogP contribution is -2.89. The minimum atomic E-state index is -1.51. The third-order valence-corrected chi connectivity index (χ3v) is 4.15. The molecule has 0 aromatic carbocycles. The van der Waals surface area contributed by atoms with Crippen molar-refractivity contribution in [1.29, 1.82) is 0 Å². The van der Waals surface area contributed by atoms with Crippen LogP contribution >= 0.6 is 0 Å². The van der Waals surface area contributed by atoms with Crippen LogP contribution in [0.3, 0.4) is 0 Å². The molecule has 0 bridgehead atoms. The summed E-state index contributed by atoms with van der Waals surface area (Å²) in [5, 5.41) is 19.6. The van der Waals surface area contributed by atoms with E-state index in [9.17, 15) is 14.7 Å². The van der Waals surface area contributed by atoms with Gasteiger partial charge in [-0.25, -0.2) is 4.79 Å². The molecular formula is C17H27N7O5. The number of carboxylic acid groups (broad SMARTS) is 2. The van der Waals surface area contributed by atoms with Crippen molar-refractivity contribution in [2.45, 2.75) is 0 Å². The maximum atomic E-state index is 9.53. The second-order valence-electron chi connectivity index (χ2n) is 6.57. The molecule has 3 heterocycles. The van der Waals surface area contributed by atoms with Gasteiger partial charge in [-0.05, 0) is 6.08 Å². The fraction of sp³-hybridized carbons (Fsp3) is 0.588. The van der Waals surface area contributed by atoms with E-state index in [-0.39, 0.29) is 0 Å². The molecule has 1 aromatic rings. The Bertz CT molecular complexity index is 664. The first-order valence-corrected chi connectivity index (χ1v) is 9.31. The number of anilines is 3. The van der Waals surface area contributed by atoms with Gasteiger partial charge in [0.25, 0.3) is 0 Å².